The second kappa shape index (κ2) is 7.75. The molecule has 2 aromatic carbocycles. The van der Waals surface area contributed by atoms with Crippen LogP contribution in [0.1, 0.15) is 11.1 Å². The summed E-state index contributed by atoms with van der Waals surface area (Å²) in [5.74, 6) is 0.886. The van der Waals surface area contributed by atoms with E-state index in [4.69, 9.17) is 11.6 Å². The molecule has 1 heterocycles. The van der Waals surface area contributed by atoms with Gasteiger partial charge in [-0.25, -0.2) is 9.37 Å². The van der Waals surface area contributed by atoms with Gasteiger partial charge in [0.2, 0.25) is 5.95 Å². The molecule has 4 nitrogen and oxygen atoms in total. The first-order valence-electron chi connectivity index (χ1n) is 7.49. The van der Waals surface area contributed by atoms with E-state index < -0.39 is 0 Å². The van der Waals surface area contributed by atoms with Crippen molar-refractivity contribution < 1.29 is 4.39 Å². The number of anilines is 2. The third-order valence-electron chi connectivity index (χ3n) is 3.44. The van der Waals surface area contributed by atoms with Crippen molar-refractivity contribution in [3.63, 3.8) is 0 Å². The molecule has 2 N–H and O–H groups in total. The van der Waals surface area contributed by atoms with E-state index in [1.54, 1.807) is 30.5 Å². The summed E-state index contributed by atoms with van der Waals surface area (Å²) in [5, 5.41) is 6.96. The fourth-order valence-electron chi connectivity index (χ4n) is 2.15. The molecule has 0 atom stereocenters. The van der Waals surface area contributed by atoms with E-state index in [2.05, 4.69) is 20.6 Å². The quantitative estimate of drug-likeness (QED) is 0.692. The third-order valence-corrected chi connectivity index (χ3v) is 3.69. The Morgan fingerprint density at radius 2 is 1.71 bits per heavy atom. The van der Waals surface area contributed by atoms with Crippen LogP contribution in [0.3, 0.4) is 0 Å². The van der Waals surface area contributed by atoms with E-state index in [0.29, 0.717) is 35.4 Å². The maximum atomic E-state index is 13.6. The molecule has 0 unspecified atom stereocenters. The van der Waals surface area contributed by atoms with E-state index >= 15 is 0 Å². The van der Waals surface area contributed by atoms with Gasteiger partial charge in [0.15, 0.2) is 0 Å². The Morgan fingerprint density at radius 1 is 0.917 bits per heavy atom. The predicted octanol–water partition coefficient (Wildman–Crippen LogP) is 4.49. The summed E-state index contributed by atoms with van der Waals surface area (Å²) in [6.45, 7) is 0.953. The number of aromatic nitrogens is 2. The molecule has 0 radical (unpaired) electrons. The number of hydrogen-bond acceptors (Lipinski definition) is 4. The summed E-state index contributed by atoms with van der Waals surface area (Å²) in [6, 6.07) is 16.0. The highest BCUT2D eigenvalue weighted by Crippen LogP contribution is 2.13. The molecule has 0 saturated heterocycles. The van der Waals surface area contributed by atoms with Crippen LogP contribution >= 0.6 is 11.6 Å². The van der Waals surface area contributed by atoms with Crippen LogP contribution in [0.4, 0.5) is 16.2 Å². The van der Waals surface area contributed by atoms with Crippen molar-refractivity contribution in [1.29, 1.82) is 0 Å². The molecule has 122 valence electrons. The lowest BCUT2D eigenvalue weighted by atomic mass is 10.2. The lowest BCUT2D eigenvalue weighted by Gasteiger charge is -2.09. The highest BCUT2D eigenvalue weighted by molar-refractivity contribution is 6.30. The molecule has 3 aromatic rings. The molecule has 0 bridgehead atoms. The molecule has 24 heavy (non-hydrogen) atoms. The smallest absolute Gasteiger partial charge is 0.224 e. The Bertz CT molecular complexity index is 808. The van der Waals surface area contributed by atoms with Crippen LogP contribution in [0, 0.1) is 5.82 Å². The minimum Gasteiger partial charge on any atom is -0.366 e. The van der Waals surface area contributed by atoms with Crippen molar-refractivity contribution >= 4 is 23.4 Å². The summed E-state index contributed by atoms with van der Waals surface area (Å²) >= 11 is 5.87. The van der Waals surface area contributed by atoms with Crippen LogP contribution in [-0.2, 0) is 13.1 Å². The summed E-state index contributed by atoms with van der Waals surface area (Å²) < 4.78 is 13.6. The van der Waals surface area contributed by atoms with Crippen LogP contribution in [0.25, 0.3) is 0 Å². The Kier molecular flexibility index (Phi) is 5.23. The first-order chi connectivity index (χ1) is 11.7. The van der Waals surface area contributed by atoms with Crippen molar-refractivity contribution in [1.82, 2.24) is 9.97 Å². The Balaban J connectivity index is 1.59. The fourth-order valence-corrected chi connectivity index (χ4v) is 2.28. The number of nitrogens with zero attached hydrogens (tertiary/aromatic N) is 2. The Morgan fingerprint density at radius 3 is 2.50 bits per heavy atom. The maximum absolute atomic E-state index is 13.6. The van der Waals surface area contributed by atoms with E-state index in [1.165, 1.54) is 6.07 Å². The molecular formula is C18H16ClFN4. The summed E-state index contributed by atoms with van der Waals surface area (Å²) in [4.78, 5) is 8.52. The Hall–Kier alpha value is -2.66. The molecule has 0 fully saturated rings. The molecule has 3 rings (SSSR count). The van der Waals surface area contributed by atoms with Gasteiger partial charge < -0.3 is 10.6 Å². The van der Waals surface area contributed by atoms with Crippen molar-refractivity contribution in [2.45, 2.75) is 13.1 Å². The summed E-state index contributed by atoms with van der Waals surface area (Å²) in [7, 11) is 0. The molecule has 6 heteroatoms. The largest absolute Gasteiger partial charge is 0.366 e. The van der Waals surface area contributed by atoms with Crippen LogP contribution < -0.4 is 10.6 Å². The van der Waals surface area contributed by atoms with Crippen molar-refractivity contribution in [2.75, 3.05) is 10.6 Å². The predicted molar refractivity (Wildman–Crippen MR) is 94.5 cm³/mol. The van der Waals surface area contributed by atoms with Gasteiger partial charge in [0.1, 0.15) is 11.6 Å². The third kappa shape index (κ3) is 4.43. The standard InChI is InChI=1S/C18H16ClFN4/c19-15-7-5-13(6-8-15)11-22-17-9-10-21-18(24-17)23-12-14-3-1-2-4-16(14)20/h1-10H,11-12H2,(H2,21,22,23,24). The zero-order valence-corrected chi connectivity index (χ0v) is 13.6. The zero-order valence-electron chi connectivity index (χ0n) is 12.8. The van der Waals surface area contributed by atoms with E-state index in [-0.39, 0.29) is 5.82 Å². The first-order valence-corrected chi connectivity index (χ1v) is 7.87. The second-order valence-corrected chi connectivity index (χ2v) is 5.63. The van der Waals surface area contributed by atoms with Gasteiger partial charge in [-0.05, 0) is 29.8 Å². The van der Waals surface area contributed by atoms with Crippen molar-refractivity contribution in [2.24, 2.45) is 0 Å². The fraction of sp³-hybridized carbons (Fsp3) is 0.111. The van der Waals surface area contributed by atoms with Crippen molar-refractivity contribution in [3.05, 3.63) is 82.8 Å². The zero-order chi connectivity index (χ0) is 16.8. The van der Waals surface area contributed by atoms with Gasteiger partial charge in [0, 0.05) is 29.9 Å². The van der Waals surface area contributed by atoms with Gasteiger partial charge in [0.25, 0.3) is 0 Å². The second-order valence-electron chi connectivity index (χ2n) is 5.19. The van der Waals surface area contributed by atoms with E-state index in [0.717, 1.165) is 5.56 Å². The van der Waals surface area contributed by atoms with E-state index in [1.807, 2.05) is 24.3 Å². The molecule has 0 aliphatic heterocycles. The molecule has 0 saturated carbocycles. The molecular weight excluding hydrogens is 327 g/mol. The number of halogens is 2. The average molecular weight is 343 g/mol. The molecule has 0 spiro atoms. The maximum Gasteiger partial charge on any atom is 0.224 e. The molecule has 0 aliphatic rings. The minimum absolute atomic E-state index is 0.248. The monoisotopic (exact) mass is 342 g/mol. The number of nitrogens with one attached hydrogen (secondary N) is 2. The highest BCUT2D eigenvalue weighted by Gasteiger charge is 2.03. The lowest BCUT2D eigenvalue weighted by Crippen LogP contribution is -2.07. The number of benzene rings is 2. The highest BCUT2D eigenvalue weighted by atomic mass is 35.5. The van der Waals surface area contributed by atoms with E-state index in [9.17, 15) is 4.39 Å². The summed E-state index contributed by atoms with van der Waals surface area (Å²) in [6.07, 6.45) is 1.65. The van der Waals surface area contributed by atoms with Gasteiger partial charge in [0.05, 0.1) is 0 Å². The van der Waals surface area contributed by atoms with Gasteiger partial charge in [-0.1, -0.05) is 41.9 Å². The number of hydrogen-bond donors (Lipinski definition) is 2. The molecule has 0 aliphatic carbocycles. The van der Waals surface area contributed by atoms with Crippen LogP contribution in [0.5, 0.6) is 0 Å². The topological polar surface area (TPSA) is 49.8 Å². The first kappa shape index (κ1) is 16.2. The molecule has 1 aromatic heterocycles. The van der Waals surface area contributed by atoms with Crippen molar-refractivity contribution in [3.8, 4) is 0 Å². The normalized spacial score (nSPS) is 10.4. The Labute approximate surface area is 144 Å². The summed E-state index contributed by atoms with van der Waals surface area (Å²) in [5.41, 5.74) is 1.67. The minimum atomic E-state index is -0.248. The van der Waals surface area contributed by atoms with Gasteiger partial charge >= 0.3 is 0 Å². The van der Waals surface area contributed by atoms with Gasteiger partial charge in [-0.3, -0.25) is 0 Å². The number of rotatable bonds is 6. The lowest BCUT2D eigenvalue weighted by molar-refractivity contribution is 0.612. The van der Waals surface area contributed by atoms with Crippen LogP contribution in [0.2, 0.25) is 5.02 Å². The van der Waals surface area contributed by atoms with Crippen LogP contribution in [-0.4, -0.2) is 9.97 Å². The SMILES string of the molecule is Fc1ccccc1CNc1nccc(NCc2ccc(Cl)cc2)n1. The average Bonchev–Trinajstić information content (AvgIpc) is 2.61. The van der Waals surface area contributed by atoms with Gasteiger partial charge in [-0.15, -0.1) is 0 Å². The van der Waals surface area contributed by atoms with Gasteiger partial charge in [-0.2, -0.15) is 4.98 Å². The molecule has 0 amide bonds. The van der Waals surface area contributed by atoms with Crippen LogP contribution in [0.15, 0.2) is 60.8 Å².